The van der Waals surface area contributed by atoms with Gasteiger partial charge in [0.05, 0.1) is 6.54 Å². The molecule has 2 aromatic carbocycles. The molecular formula is C19H21F2NO2. The second kappa shape index (κ2) is 7.53. The number of carbonyl (C=O) groups excluding carboxylic acids is 1. The number of nitrogens with one attached hydrogen (secondary N) is 1. The first-order valence-corrected chi connectivity index (χ1v) is 7.78. The molecule has 5 heteroatoms. The van der Waals surface area contributed by atoms with E-state index in [9.17, 15) is 18.7 Å². The van der Waals surface area contributed by atoms with Gasteiger partial charge in [-0.3, -0.25) is 4.79 Å². The first kappa shape index (κ1) is 18.1. The van der Waals surface area contributed by atoms with E-state index in [0.717, 1.165) is 5.56 Å². The zero-order valence-corrected chi connectivity index (χ0v) is 13.7. The van der Waals surface area contributed by atoms with Gasteiger partial charge in [0.1, 0.15) is 17.2 Å². The molecule has 2 rings (SSSR count). The number of amides is 1. The van der Waals surface area contributed by atoms with Gasteiger partial charge in [-0.25, -0.2) is 8.78 Å². The monoisotopic (exact) mass is 333 g/mol. The average Bonchev–Trinajstić information content (AvgIpc) is 2.53. The number of hydrogen-bond donors (Lipinski definition) is 2. The molecule has 0 aromatic heterocycles. The maximum Gasteiger partial charge on any atom is 0.220 e. The number of hydrogen-bond acceptors (Lipinski definition) is 2. The molecular weight excluding hydrogens is 312 g/mol. The van der Waals surface area contributed by atoms with Crippen LogP contribution in [0.1, 0.15) is 37.3 Å². The van der Waals surface area contributed by atoms with Crippen LogP contribution in [0, 0.1) is 11.6 Å². The van der Waals surface area contributed by atoms with Crippen LogP contribution in [0.4, 0.5) is 8.78 Å². The van der Waals surface area contributed by atoms with Crippen LogP contribution < -0.4 is 5.32 Å². The Morgan fingerprint density at radius 3 is 2.46 bits per heavy atom. The number of aliphatic hydroxyl groups is 1. The van der Waals surface area contributed by atoms with Crippen molar-refractivity contribution in [2.75, 3.05) is 6.54 Å². The van der Waals surface area contributed by atoms with Gasteiger partial charge in [-0.15, -0.1) is 0 Å². The number of halogens is 2. The van der Waals surface area contributed by atoms with Crippen molar-refractivity contribution in [1.29, 1.82) is 0 Å². The van der Waals surface area contributed by atoms with Crippen LogP contribution >= 0.6 is 0 Å². The fourth-order valence-electron chi connectivity index (χ4n) is 2.46. The largest absolute Gasteiger partial charge is 0.384 e. The summed E-state index contributed by atoms with van der Waals surface area (Å²) >= 11 is 0. The molecule has 2 N–H and O–H groups in total. The smallest absolute Gasteiger partial charge is 0.220 e. The summed E-state index contributed by atoms with van der Waals surface area (Å²) in [6.07, 6.45) is 0.183. The minimum atomic E-state index is -1.30. The summed E-state index contributed by atoms with van der Waals surface area (Å²) in [4.78, 5) is 12.1. The zero-order valence-electron chi connectivity index (χ0n) is 13.7. The molecule has 2 unspecified atom stereocenters. The molecule has 0 aliphatic carbocycles. The first-order valence-electron chi connectivity index (χ1n) is 7.78. The van der Waals surface area contributed by atoms with Crippen molar-refractivity contribution in [2.24, 2.45) is 0 Å². The highest BCUT2D eigenvalue weighted by Crippen LogP contribution is 2.22. The molecule has 2 atom stereocenters. The minimum Gasteiger partial charge on any atom is -0.384 e. The molecule has 0 fully saturated rings. The molecule has 0 aliphatic rings. The van der Waals surface area contributed by atoms with Crippen molar-refractivity contribution in [3.63, 3.8) is 0 Å². The summed E-state index contributed by atoms with van der Waals surface area (Å²) in [5.74, 6) is -1.10. The molecule has 0 bridgehead atoms. The van der Waals surface area contributed by atoms with E-state index in [0.29, 0.717) is 5.56 Å². The Kier molecular flexibility index (Phi) is 5.67. The van der Waals surface area contributed by atoms with Crippen LogP contribution in [0.2, 0.25) is 0 Å². The van der Waals surface area contributed by atoms with Crippen LogP contribution in [0.15, 0.2) is 48.5 Å². The van der Waals surface area contributed by atoms with Crippen LogP contribution in [-0.2, 0) is 10.4 Å². The van der Waals surface area contributed by atoms with Crippen molar-refractivity contribution >= 4 is 5.91 Å². The lowest BCUT2D eigenvalue weighted by Gasteiger charge is -2.24. The fourth-order valence-corrected chi connectivity index (χ4v) is 2.46. The SMILES string of the molecule is CC(CC(=O)NCC(C)(O)c1ccc(F)cc1)c1cccc(F)c1. The Hall–Kier alpha value is -2.27. The van der Waals surface area contributed by atoms with Gasteiger partial charge in [0.15, 0.2) is 0 Å². The zero-order chi connectivity index (χ0) is 17.7. The Labute approximate surface area is 140 Å². The van der Waals surface area contributed by atoms with E-state index in [1.165, 1.54) is 36.4 Å². The van der Waals surface area contributed by atoms with Gasteiger partial charge in [-0.05, 0) is 48.2 Å². The van der Waals surface area contributed by atoms with E-state index in [-0.39, 0.29) is 36.4 Å². The van der Waals surface area contributed by atoms with Crippen molar-refractivity contribution in [3.8, 4) is 0 Å². The van der Waals surface area contributed by atoms with Gasteiger partial charge in [-0.1, -0.05) is 31.2 Å². The highest BCUT2D eigenvalue weighted by atomic mass is 19.1. The Morgan fingerprint density at radius 1 is 1.17 bits per heavy atom. The molecule has 24 heavy (non-hydrogen) atoms. The third-order valence-electron chi connectivity index (χ3n) is 4.01. The lowest BCUT2D eigenvalue weighted by Crippen LogP contribution is -2.38. The first-order chi connectivity index (χ1) is 11.3. The van der Waals surface area contributed by atoms with Crippen molar-refractivity contribution in [3.05, 3.63) is 71.3 Å². The maximum absolute atomic E-state index is 13.2. The minimum absolute atomic E-state index is 0.00728. The quantitative estimate of drug-likeness (QED) is 0.850. The van der Waals surface area contributed by atoms with E-state index < -0.39 is 5.60 Å². The third-order valence-corrected chi connectivity index (χ3v) is 4.01. The molecule has 128 valence electrons. The molecule has 0 aliphatic heterocycles. The van der Waals surface area contributed by atoms with E-state index >= 15 is 0 Å². The lowest BCUT2D eigenvalue weighted by molar-refractivity contribution is -0.122. The van der Waals surface area contributed by atoms with Crippen LogP contribution in [-0.4, -0.2) is 17.6 Å². The molecule has 0 saturated heterocycles. The third kappa shape index (κ3) is 4.86. The van der Waals surface area contributed by atoms with Crippen LogP contribution in [0.25, 0.3) is 0 Å². The van der Waals surface area contributed by atoms with Crippen LogP contribution in [0.3, 0.4) is 0 Å². The second-order valence-electron chi connectivity index (χ2n) is 6.22. The highest BCUT2D eigenvalue weighted by Gasteiger charge is 2.24. The molecule has 3 nitrogen and oxygen atoms in total. The number of benzene rings is 2. The van der Waals surface area contributed by atoms with Gasteiger partial charge in [0, 0.05) is 6.42 Å². The molecule has 1 amide bonds. The average molecular weight is 333 g/mol. The molecule has 0 spiro atoms. The summed E-state index contributed by atoms with van der Waals surface area (Å²) in [6.45, 7) is 3.40. The molecule has 0 radical (unpaired) electrons. The second-order valence-corrected chi connectivity index (χ2v) is 6.22. The number of rotatable bonds is 6. The topological polar surface area (TPSA) is 49.3 Å². The maximum atomic E-state index is 13.2. The fraction of sp³-hybridized carbons (Fsp3) is 0.316. The summed E-state index contributed by atoms with van der Waals surface area (Å²) in [7, 11) is 0. The Bertz CT molecular complexity index is 699. The van der Waals surface area contributed by atoms with E-state index in [1.54, 1.807) is 19.1 Å². The predicted molar refractivity (Wildman–Crippen MR) is 88.4 cm³/mol. The van der Waals surface area contributed by atoms with Gasteiger partial charge < -0.3 is 10.4 Å². The van der Waals surface area contributed by atoms with E-state index in [1.807, 2.05) is 6.92 Å². The van der Waals surface area contributed by atoms with Gasteiger partial charge in [0.25, 0.3) is 0 Å². The van der Waals surface area contributed by atoms with Crippen LogP contribution in [0.5, 0.6) is 0 Å². The van der Waals surface area contributed by atoms with Crippen molar-refractivity contribution in [1.82, 2.24) is 5.32 Å². The van der Waals surface area contributed by atoms with Gasteiger partial charge in [0.2, 0.25) is 5.91 Å². The van der Waals surface area contributed by atoms with Crippen molar-refractivity contribution in [2.45, 2.75) is 31.8 Å². The summed E-state index contributed by atoms with van der Waals surface area (Å²) in [5.41, 5.74) is -0.0383. The van der Waals surface area contributed by atoms with Gasteiger partial charge in [-0.2, -0.15) is 0 Å². The Balaban J connectivity index is 1.91. The summed E-state index contributed by atoms with van der Waals surface area (Å²) in [5, 5.41) is 13.1. The predicted octanol–water partition coefficient (Wildman–Crippen LogP) is 3.48. The van der Waals surface area contributed by atoms with E-state index in [2.05, 4.69) is 5.32 Å². The Morgan fingerprint density at radius 2 is 1.83 bits per heavy atom. The number of carbonyl (C=O) groups is 1. The normalized spacial score (nSPS) is 14.7. The highest BCUT2D eigenvalue weighted by molar-refractivity contribution is 5.76. The van der Waals surface area contributed by atoms with E-state index in [4.69, 9.17) is 0 Å². The molecule has 0 saturated carbocycles. The standard InChI is InChI=1S/C19H21F2NO2/c1-13(14-4-3-5-17(21)11-14)10-18(23)22-12-19(2,24)15-6-8-16(20)9-7-15/h3-9,11,13,24H,10,12H2,1-2H3,(H,22,23). The van der Waals surface area contributed by atoms with Gasteiger partial charge >= 0.3 is 0 Å². The lowest BCUT2D eigenvalue weighted by atomic mass is 9.95. The molecule has 2 aromatic rings. The van der Waals surface area contributed by atoms with Crippen molar-refractivity contribution < 1.29 is 18.7 Å². The summed E-state index contributed by atoms with van der Waals surface area (Å²) in [6, 6.07) is 11.6. The summed E-state index contributed by atoms with van der Waals surface area (Å²) < 4.78 is 26.2. The molecule has 0 heterocycles.